The molecule has 8 rings (SSSR count). The normalized spacial score (nSPS) is 16.2. The molecule has 14 nitrogen and oxygen atoms in total. The van der Waals surface area contributed by atoms with E-state index in [1.54, 1.807) is 24.3 Å². The quantitative estimate of drug-likeness (QED) is 0.177. The second-order valence-electron chi connectivity index (χ2n) is 13.0. The number of imide groups is 4. The maximum Gasteiger partial charge on any atom is 0.258 e. The minimum Gasteiger partial charge on any atom is -0.455 e. The number of carbonyl (C=O) groups excluding carboxylic acids is 8. The third-order valence-corrected chi connectivity index (χ3v) is 9.55. The van der Waals surface area contributed by atoms with Gasteiger partial charge in [0.05, 0.1) is 22.7 Å². The number of benzene rings is 4. The first kappa shape index (κ1) is 36.0. The molecule has 0 radical (unpaired) electrons. The summed E-state index contributed by atoms with van der Waals surface area (Å²) in [6.07, 6.45) is 9.75. The van der Waals surface area contributed by atoms with E-state index in [9.17, 15) is 38.4 Å². The summed E-state index contributed by atoms with van der Waals surface area (Å²) >= 11 is 0. The molecule has 4 aliphatic rings. The van der Waals surface area contributed by atoms with Gasteiger partial charge in [0.15, 0.2) is 11.5 Å². The first-order valence-electron chi connectivity index (χ1n) is 17.6. The number of rotatable bonds is 11. The van der Waals surface area contributed by atoms with Gasteiger partial charge in [0.2, 0.25) is 0 Å². The summed E-state index contributed by atoms with van der Waals surface area (Å²) in [4.78, 5) is 104. The van der Waals surface area contributed by atoms with Crippen LogP contribution >= 0.6 is 0 Å². The molecule has 0 aliphatic carbocycles. The van der Waals surface area contributed by atoms with Crippen molar-refractivity contribution in [1.82, 2.24) is 0 Å². The molecule has 4 aliphatic heterocycles. The molecular weight excluding hydrogens is 732 g/mol. The van der Waals surface area contributed by atoms with Gasteiger partial charge in [-0.1, -0.05) is 31.2 Å². The van der Waals surface area contributed by atoms with Gasteiger partial charge in [-0.3, -0.25) is 38.4 Å². The van der Waals surface area contributed by atoms with Gasteiger partial charge in [-0.25, -0.2) is 19.6 Å². The molecule has 8 amide bonds. The molecule has 0 saturated carbocycles. The summed E-state index contributed by atoms with van der Waals surface area (Å²) in [5.41, 5.74) is 2.37. The molecule has 280 valence electrons. The Hall–Kier alpha value is -8.00. The number of amides is 8. The van der Waals surface area contributed by atoms with Crippen molar-refractivity contribution in [2.24, 2.45) is 0 Å². The van der Waals surface area contributed by atoms with Crippen LogP contribution in [0.5, 0.6) is 23.0 Å². The fourth-order valence-corrected chi connectivity index (χ4v) is 6.85. The van der Waals surface area contributed by atoms with Crippen LogP contribution in [0, 0.1) is 0 Å². The van der Waals surface area contributed by atoms with Crippen LogP contribution in [0.15, 0.2) is 134 Å². The average Bonchev–Trinajstić information content (AvgIpc) is 3.94. The SMILES string of the molecule is CCC(c1ccc(Oc2ccc(N3C(=O)C=CC3=O)cc2N2C(=O)C=CC2=O)cc1)c1ccc(Oc2ccc(N3C(=O)C=CC3=O)cc2N2C(=O)C=CC2=O)cc1. The zero-order chi connectivity index (χ0) is 40.0. The molecule has 0 bridgehead atoms. The standard InChI is InChI=1S/C43H28N4O10/c1-2-31(25-3-9-29(10-4-25)56-34-13-7-27(44-36(48)15-16-37(44)49)23-32(34)46-40(52)19-20-41(46)53)26-5-11-30(12-6-26)57-35-14-8-28(45-38(50)17-18-39(45)51)24-33(35)47-42(54)21-22-43(47)55/h3-24,31H,2H2,1H3. The van der Waals surface area contributed by atoms with Crippen LogP contribution in [0.25, 0.3) is 0 Å². The van der Waals surface area contributed by atoms with Crippen molar-refractivity contribution in [3.63, 3.8) is 0 Å². The maximum atomic E-state index is 12.7. The summed E-state index contributed by atoms with van der Waals surface area (Å²) in [7, 11) is 0. The predicted molar refractivity (Wildman–Crippen MR) is 205 cm³/mol. The molecular formula is C43H28N4O10. The lowest BCUT2D eigenvalue weighted by Crippen LogP contribution is -2.32. The van der Waals surface area contributed by atoms with Gasteiger partial charge in [-0.05, 0) is 78.2 Å². The molecule has 4 aromatic carbocycles. The molecule has 0 fully saturated rings. The minimum absolute atomic E-state index is 0.0529. The fourth-order valence-electron chi connectivity index (χ4n) is 6.85. The Morgan fingerprint density at radius 1 is 0.404 bits per heavy atom. The molecule has 0 aromatic heterocycles. The van der Waals surface area contributed by atoms with Crippen molar-refractivity contribution in [1.29, 1.82) is 0 Å². The van der Waals surface area contributed by atoms with Crippen LogP contribution in [0.3, 0.4) is 0 Å². The second kappa shape index (κ2) is 14.3. The molecule has 4 heterocycles. The Morgan fingerprint density at radius 3 is 1.00 bits per heavy atom. The lowest BCUT2D eigenvalue weighted by atomic mass is 9.89. The summed E-state index contributed by atoms with van der Waals surface area (Å²) in [6, 6.07) is 23.2. The first-order chi connectivity index (χ1) is 27.5. The predicted octanol–water partition coefficient (Wildman–Crippen LogP) is 5.53. The lowest BCUT2D eigenvalue weighted by Gasteiger charge is -2.22. The van der Waals surface area contributed by atoms with E-state index in [0.29, 0.717) is 11.5 Å². The molecule has 0 N–H and O–H groups in total. The van der Waals surface area contributed by atoms with Crippen LogP contribution in [-0.4, -0.2) is 47.3 Å². The second-order valence-corrected chi connectivity index (χ2v) is 13.0. The highest BCUT2D eigenvalue weighted by Gasteiger charge is 2.33. The van der Waals surface area contributed by atoms with Gasteiger partial charge < -0.3 is 9.47 Å². The summed E-state index contributed by atoms with van der Waals surface area (Å²) in [5, 5.41) is 0. The Kier molecular flexibility index (Phi) is 9.05. The fraction of sp³-hybridized carbons (Fsp3) is 0.0698. The van der Waals surface area contributed by atoms with Crippen LogP contribution in [-0.2, 0) is 38.4 Å². The molecule has 4 aromatic rings. The topological polar surface area (TPSA) is 168 Å². The maximum absolute atomic E-state index is 12.7. The number of carbonyl (C=O) groups is 8. The van der Waals surface area contributed by atoms with Gasteiger partial charge >= 0.3 is 0 Å². The van der Waals surface area contributed by atoms with Gasteiger partial charge in [0.1, 0.15) is 11.5 Å². The number of hydrogen-bond donors (Lipinski definition) is 0. The van der Waals surface area contributed by atoms with E-state index in [0.717, 1.165) is 85.8 Å². The Balaban J connectivity index is 1.01. The molecule has 57 heavy (non-hydrogen) atoms. The third kappa shape index (κ3) is 6.61. The third-order valence-electron chi connectivity index (χ3n) is 9.55. The molecule has 0 atom stereocenters. The smallest absolute Gasteiger partial charge is 0.258 e. The van der Waals surface area contributed by atoms with E-state index in [2.05, 4.69) is 0 Å². The van der Waals surface area contributed by atoms with Crippen molar-refractivity contribution in [2.45, 2.75) is 19.3 Å². The Bertz CT molecular complexity index is 2340. The minimum atomic E-state index is -0.602. The van der Waals surface area contributed by atoms with E-state index in [-0.39, 0.29) is 40.2 Å². The lowest BCUT2D eigenvalue weighted by molar-refractivity contribution is -0.121. The monoisotopic (exact) mass is 760 g/mol. The number of anilines is 4. The molecule has 0 unspecified atom stereocenters. The number of nitrogens with zero attached hydrogens (tertiary/aromatic N) is 4. The van der Waals surface area contributed by atoms with Crippen LogP contribution in [0.1, 0.15) is 30.4 Å². The highest BCUT2D eigenvalue weighted by atomic mass is 16.5. The summed E-state index contributed by atoms with van der Waals surface area (Å²) in [5.74, 6) is -3.59. The van der Waals surface area contributed by atoms with E-state index < -0.39 is 47.3 Å². The first-order valence-corrected chi connectivity index (χ1v) is 17.6. The van der Waals surface area contributed by atoms with Gasteiger partial charge in [0.25, 0.3) is 47.3 Å². The molecule has 0 spiro atoms. The Morgan fingerprint density at radius 2 is 0.702 bits per heavy atom. The van der Waals surface area contributed by atoms with E-state index in [4.69, 9.17) is 9.47 Å². The van der Waals surface area contributed by atoms with Crippen molar-refractivity contribution in [2.75, 3.05) is 19.6 Å². The molecule has 14 heteroatoms. The zero-order valence-electron chi connectivity index (χ0n) is 29.9. The summed E-state index contributed by atoms with van der Waals surface area (Å²) < 4.78 is 12.3. The van der Waals surface area contributed by atoms with Crippen LogP contribution in [0.2, 0.25) is 0 Å². The van der Waals surface area contributed by atoms with Gasteiger partial charge in [-0.2, -0.15) is 0 Å². The highest BCUT2D eigenvalue weighted by molar-refractivity contribution is 6.32. The van der Waals surface area contributed by atoms with E-state index in [1.165, 1.54) is 36.4 Å². The largest absolute Gasteiger partial charge is 0.455 e. The van der Waals surface area contributed by atoms with Gasteiger partial charge in [0, 0.05) is 54.5 Å². The average molecular weight is 761 g/mol. The number of hydrogen-bond acceptors (Lipinski definition) is 10. The van der Waals surface area contributed by atoms with Crippen molar-refractivity contribution in [3.05, 3.63) is 145 Å². The zero-order valence-corrected chi connectivity index (χ0v) is 29.9. The van der Waals surface area contributed by atoms with Gasteiger partial charge in [-0.15, -0.1) is 0 Å². The van der Waals surface area contributed by atoms with Crippen LogP contribution in [0.4, 0.5) is 22.7 Å². The number of ether oxygens (including phenoxy) is 2. The molecule has 0 saturated heterocycles. The van der Waals surface area contributed by atoms with Crippen molar-refractivity contribution < 1.29 is 47.8 Å². The summed E-state index contributed by atoms with van der Waals surface area (Å²) in [6.45, 7) is 2.04. The van der Waals surface area contributed by atoms with E-state index in [1.807, 2.05) is 31.2 Å². The van der Waals surface area contributed by atoms with Crippen molar-refractivity contribution >= 4 is 70.0 Å². The Labute approximate surface area is 323 Å². The highest BCUT2D eigenvalue weighted by Crippen LogP contribution is 2.41. The van der Waals surface area contributed by atoms with E-state index >= 15 is 0 Å². The van der Waals surface area contributed by atoms with Crippen molar-refractivity contribution in [3.8, 4) is 23.0 Å². The van der Waals surface area contributed by atoms with Crippen LogP contribution < -0.4 is 29.1 Å².